The van der Waals surface area contributed by atoms with Crippen molar-refractivity contribution in [2.24, 2.45) is 0 Å². The van der Waals surface area contributed by atoms with E-state index < -0.39 is 0 Å². The topological polar surface area (TPSA) is 23.8 Å². The maximum absolute atomic E-state index is 6.94. The molecule has 0 atom stereocenters. The monoisotopic (exact) mass is 396 g/mol. The predicted molar refractivity (Wildman–Crippen MR) is 123 cm³/mol. The van der Waals surface area contributed by atoms with E-state index in [1.54, 1.807) is 0 Å². The van der Waals surface area contributed by atoms with Crippen LogP contribution in [-0.2, 0) is 21.7 Å². The van der Waals surface area contributed by atoms with E-state index >= 15 is 0 Å². The van der Waals surface area contributed by atoms with Gasteiger partial charge in [-0.05, 0) is 0 Å². The third-order valence-electron chi connectivity index (χ3n) is 1.72. The van der Waals surface area contributed by atoms with E-state index in [1.807, 2.05) is 32.9 Å². The Labute approximate surface area is 180 Å². The van der Waals surface area contributed by atoms with Crippen molar-refractivity contribution in [3.05, 3.63) is 105 Å². The molecule has 25 heavy (non-hydrogen) atoms. The minimum Gasteiger partial charge on any atom is -0.673 e. The van der Waals surface area contributed by atoms with Gasteiger partial charge in [0.25, 0.3) is 0 Å². The van der Waals surface area contributed by atoms with Crippen LogP contribution in [0.15, 0.2) is 48.6 Å². The van der Waals surface area contributed by atoms with Gasteiger partial charge in [-0.2, -0.15) is 6.08 Å². The standard InChI is InChI=1S/C7H9Si.C5H5.C4H10N.6CH3.Ti/c1-8-7-5-3-2-4-6-7;1-2-4-5-3-1;1-4(2,3)5;;;;;;;/h2-6,8H,1H3;1-3H,4H2;5H,1-3H3;6*1H3;/q;8*-1;. The molecule has 1 aromatic carbocycles. The number of hydrogen-bond acceptors (Lipinski definition) is 0. The van der Waals surface area contributed by atoms with Gasteiger partial charge in [-0.25, -0.2) is 12.2 Å². The second kappa shape index (κ2) is 31.4. The van der Waals surface area contributed by atoms with Crippen LogP contribution in [0.5, 0.6) is 0 Å². The zero-order valence-corrected chi connectivity index (χ0v) is 21.1. The summed E-state index contributed by atoms with van der Waals surface area (Å²) < 4.78 is 0. The summed E-state index contributed by atoms with van der Waals surface area (Å²) in [5.74, 6) is 0. The van der Waals surface area contributed by atoms with Crippen LogP contribution in [0.2, 0.25) is 6.55 Å². The molecule has 0 bridgehead atoms. The smallest absolute Gasteiger partial charge is 0.0635 e. The van der Waals surface area contributed by atoms with Gasteiger partial charge in [0.05, 0.1) is 9.52 Å². The molecule has 1 radical (unpaired) electrons. The third-order valence-corrected chi connectivity index (χ3v) is 2.77. The molecule has 0 aliphatic heterocycles. The molecule has 2 rings (SSSR count). The quantitative estimate of drug-likeness (QED) is 0.375. The molecule has 1 aromatic rings. The van der Waals surface area contributed by atoms with Gasteiger partial charge in [0.2, 0.25) is 0 Å². The molecule has 0 saturated heterocycles. The minimum atomic E-state index is -0.250. The molecule has 3 heteroatoms. The summed E-state index contributed by atoms with van der Waals surface area (Å²) in [6.07, 6.45) is 10.0. The van der Waals surface area contributed by atoms with Crippen LogP contribution in [0.25, 0.3) is 5.73 Å². The van der Waals surface area contributed by atoms with Gasteiger partial charge in [0.1, 0.15) is 0 Å². The average Bonchev–Trinajstić information content (AvgIpc) is 2.86. The maximum atomic E-state index is 6.94. The van der Waals surface area contributed by atoms with Gasteiger partial charge in [-0.3, -0.25) is 6.08 Å². The molecule has 1 N–H and O–H groups in total. The Bertz CT molecular complexity index is 338. The van der Waals surface area contributed by atoms with Gasteiger partial charge >= 0.3 is 0 Å². The van der Waals surface area contributed by atoms with E-state index in [1.165, 1.54) is 5.19 Å². The van der Waals surface area contributed by atoms with E-state index in [2.05, 4.69) is 49.0 Å². The van der Waals surface area contributed by atoms with E-state index in [0.717, 1.165) is 6.42 Å². The van der Waals surface area contributed by atoms with Crippen LogP contribution >= 0.6 is 0 Å². The predicted octanol–water partition coefficient (Wildman–Crippen LogP) is 6.64. The number of hydrogen-bond donors (Lipinski definition) is 0. The first-order valence-electron chi connectivity index (χ1n) is 6.24. The molecule has 0 heterocycles. The van der Waals surface area contributed by atoms with E-state index in [0.29, 0.717) is 9.52 Å². The molecule has 1 nitrogen and oxygen atoms in total. The van der Waals surface area contributed by atoms with Gasteiger partial charge in [0, 0.05) is 21.7 Å². The van der Waals surface area contributed by atoms with E-state index in [9.17, 15) is 0 Å². The Morgan fingerprint density at radius 1 is 0.920 bits per heavy atom. The van der Waals surface area contributed by atoms with Crippen molar-refractivity contribution in [1.82, 2.24) is 0 Å². The Kier molecular flexibility index (Phi) is 62.4. The van der Waals surface area contributed by atoms with Gasteiger partial charge < -0.3 is 50.3 Å². The average molecular weight is 397 g/mol. The summed E-state index contributed by atoms with van der Waals surface area (Å²) >= 11 is 0. The van der Waals surface area contributed by atoms with Crippen molar-refractivity contribution in [3.63, 3.8) is 0 Å². The second-order valence-electron chi connectivity index (χ2n) is 4.95. The van der Waals surface area contributed by atoms with Crippen LogP contribution in [0.3, 0.4) is 0 Å². The van der Waals surface area contributed by atoms with Crippen LogP contribution in [0.4, 0.5) is 0 Å². The first-order chi connectivity index (χ1) is 8.43. The first-order valence-corrected chi connectivity index (χ1v) is 7.98. The number of rotatable bonds is 1. The summed E-state index contributed by atoms with van der Waals surface area (Å²) in [6.45, 7) is 7.81. The van der Waals surface area contributed by atoms with Crippen molar-refractivity contribution in [1.29, 1.82) is 0 Å². The zero-order chi connectivity index (χ0) is 13.9. The number of benzene rings is 1. The van der Waals surface area contributed by atoms with E-state index in [4.69, 9.17) is 5.73 Å². The fraction of sp³-hybridized carbons (Fsp3) is 0.273. The van der Waals surface area contributed by atoms with Crippen LogP contribution in [-0.4, -0.2) is 15.1 Å². The van der Waals surface area contributed by atoms with Crippen molar-refractivity contribution in [2.75, 3.05) is 0 Å². The zero-order valence-electron chi connectivity index (χ0n) is 18.4. The van der Waals surface area contributed by atoms with Crippen LogP contribution < -0.4 is 5.19 Å². The molecule has 1 aliphatic carbocycles. The fourth-order valence-electron chi connectivity index (χ4n) is 0.986. The van der Waals surface area contributed by atoms with Crippen molar-refractivity contribution in [2.45, 2.75) is 39.3 Å². The SMILES string of the molecule is CC(C)(C)[NH-].C[SiH]c1ccccc1.[C-]1=CC=CC1.[CH3-].[CH3-].[CH3-].[CH3-].[CH3-].[CH3-].[Ti]. The molecule has 0 amide bonds. The van der Waals surface area contributed by atoms with Gasteiger partial charge in [-0.1, -0.05) is 62.8 Å². The Hall–Kier alpha value is -0.409. The fourth-order valence-corrected chi connectivity index (χ4v) is 1.59. The third kappa shape index (κ3) is 51.7. The molecule has 0 spiro atoms. The summed E-state index contributed by atoms with van der Waals surface area (Å²) in [4.78, 5) is 0. The number of allylic oxidation sites excluding steroid dienone is 4. The normalized spacial score (nSPS) is 8.84. The Morgan fingerprint density at radius 2 is 1.32 bits per heavy atom. The summed E-state index contributed by atoms with van der Waals surface area (Å²) in [6, 6.07) is 10.6. The van der Waals surface area contributed by atoms with Crippen molar-refractivity contribution in [3.8, 4) is 0 Å². The summed E-state index contributed by atoms with van der Waals surface area (Å²) in [7, 11) is 0.511. The summed E-state index contributed by atoms with van der Waals surface area (Å²) in [5, 5.41) is 1.49. The van der Waals surface area contributed by atoms with Gasteiger partial charge in [0.15, 0.2) is 0 Å². The van der Waals surface area contributed by atoms with Crippen LogP contribution in [0, 0.1) is 50.6 Å². The molecule has 0 fully saturated rings. The Morgan fingerprint density at radius 3 is 1.48 bits per heavy atom. The molecule has 0 saturated carbocycles. The Balaban J connectivity index is -0.0000000261. The van der Waals surface area contributed by atoms with Crippen LogP contribution in [0.1, 0.15) is 27.2 Å². The molecular weight excluding hydrogens is 354 g/mol. The molecule has 0 aromatic heterocycles. The van der Waals surface area contributed by atoms with E-state index in [-0.39, 0.29) is 71.8 Å². The van der Waals surface area contributed by atoms with Crippen molar-refractivity contribution < 1.29 is 21.7 Å². The number of nitrogens with one attached hydrogen (secondary N) is 1. The first kappa shape index (κ1) is 49.7. The minimum absolute atomic E-state index is 0. The largest absolute Gasteiger partial charge is 0.673 e. The summed E-state index contributed by atoms with van der Waals surface area (Å²) in [5.41, 5.74) is 6.69. The molecular formula is C22H42NSiTi-8. The molecule has 151 valence electrons. The van der Waals surface area contributed by atoms with Crippen molar-refractivity contribution >= 4 is 14.7 Å². The molecule has 0 unspecified atom stereocenters. The second-order valence-corrected chi connectivity index (χ2v) is 6.20. The molecule has 1 aliphatic rings. The maximum Gasteiger partial charge on any atom is 0.0635 e. The van der Waals surface area contributed by atoms with Gasteiger partial charge in [-0.15, -0.1) is 12.0 Å².